The fraction of sp³-hybridized carbons (Fsp3) is 0.684. The topological polar surface area (TPSA) is 145 Å². The van der Waals surface area contributed by atoms with Crippen LogP contribution in [0.25, 0.3) is 0 Å². The molecule has 3 heterocycles. The molecular weight excluding hydrogens is 380 g/mol. The van der Waals surface area contributed by atoms with Crippen molar-refractivity contribution in [2.45, 2.75) is 64.8 Å². The average Bonchev–Trinajstić information content (AvgIpc) is 3.31. The number of oxazole rings is 1. The van der Waals surface area contributed by atoms with Gasteiger partial charge >= 0.3 is 5.97 Å². The van der Waals surface area contributed by atoms with Crippen LogP contribution >= 0.6 is 0 Å². The van der Waals surface area contributed by atoms with Crippen LogP contribution in [0.1, 0.15) is 46.3 Å². The summed E-state index contributed by atoms with van der Waals surface area (Å²) in [7, 11) is 0. The Kier molecular flexibility index (Phi) is 7.02. The van der Waals surface area contributed by atoms with Crippen LogP contribution in [-0.2, 0) is 20.9 Å². The molecular formula is C19H30N4O6. The average molecular weight is 410 g/mol. The summed E-state index contributed by atoms with van der Waals surface area (Å²) in [5.41, 5.74) is -1.10. The molecule has 2 aliphatic rings. The van der Waals surface area contributed by atoms with E-state index >= 15 is 0 Å². The van der Waals surface area contributed by atoms with E-state index in [1.165, 1.54) is 24.4 Å². The van der Waals surface area contributed by atoms with Crippen molar-refractivity contribution >= 4 is 17.8 Å². The maximum Gasteiger partial charge on any atom is 0.308 e. The maximum absolute atomic E-state index is 12.4. The number of β-lactam (4-membered cyclic amide) rings is 1. The first kappa shape index (κ1) is 22.8. The lowest BCUT2D eigenvalue weighted by Gasteiger charge is -2.50. The van der Waals surface area contributed by atoms with Crippen LogP contribution in [0.2, 0.25) is 0 Å². The van der Waals surface area contributed by atoms with E-state index in [1.807, 2.05) is 0 Å². The van der Waals surface area contributed by atoms with Crippen molar-refractivity contribution < 1.29 is 29.0 Å². The van der Waals surface area contributed by atoms with Crippen LogP contribution < -0.4 is 10.6 Å². The number of hydrogen-bond donors (Lipinski definition) is 4. The Balaban J connectivity index is 0.000000370. The minimum Gasteiger partial charge on any atom is -0.481 e. The van der Waals surface area contributed by atoms with E-state index in [2.05, 4.69) is 15.6 Å². The van der Waals surface area contributed by atoms with Gasteiger partial charge in [-0.1, -0.05) is 0 Å². The molecule has 3 rings (SSSR count). The number of carboxylic acids is 1. The first-order valence-electron chi connectivity index (χ1n) is 9.60. The highest BCUT2D eigenvalue weighted by atomic mass is 16.4. The number of aromatic nitrogens is 1. The third-order valence-electron chi connectivity index (χ3n) is 4.98. The molecule has 2 saturated heterocycles. The van der Waals surface area contributed by atoms with E-state index in [-0.39, 0.29) is 12.5 Å². The number of carboxylic acid groups (broad SMARTS) is 1. The highest BCUT2D eigenvalue weighted by Crippen LogP contribution is 2.33. The monoisotopic (exact) mass is 410 g/mol. The first-order chi connectivity index (χ1) is 13.5. The van der Waals surface area contributed by atoms with Gasteiger partial charge in [-0.25, -0.2) is 4.98 Å². The van der Waals surface area contributed by atoms with E-state index < -0.39 is 35.0 Å². The minimum absolute atomic E-state index is 0.106. The van der Waals surface area contributed by atoms with Gasteiger partial charge < -0.3 is 30.2 Å². The van der Waals surface area contributed by atoms with Crippen molar-refractivity contribution in [1.82, 2.24) is 20.5 Å². The number of likely N-dealkylation sites (tertiary alicyclic amines) is 1. The summed E-state index contributed by atoms with van der Waals surface area (Å²) in [5, 5.41) is 24.0. The fourth-order valence-corrected chi connectivity index (χ4v) is 3.19. The molecule has 29 heavy (non-hydrogen) atoms. The molecule has 0 bridgehead atoms. The van der Waals surface area contributed by atoms with Crippen molar-refractivity contribution in [2.24, 2.45) is 5.41 Å². The molecule has 4 N–H and O–H groups in total. The van der Waals surface area contributed by atoms with E-state index in [4.69, 9.17) is 9.52 Å². The van der Waals surface area contributed by atoms with E-state index in [0.29, 0.717) is 12.3 Å². The number of nitrogens with zero attached hydrogens (tertiary/aromatic N) is 2. The Morgan fingerprint density at radius 1 is 1.45 bits per heavy atom. The van der Waals surface area contributed by atoms with Gasteiger partial charge in [-0.05, 0) is 47.1 Å². The number of carbonyl (C=O) groups excluding carboxylic acids is 2. The molecule has 2 aliphatic heterocycles. The molecule has 3 atom stereocenters. The number of nitrogens with one attached hydrogen (secondary N) is 2. The number of hydrogen-bond acceptors (Lipinski definition) is 7. The summed E-state index contributed by atoms with van der Waals surface area (Å²) in [6.07, 6.45) is 3.58. The summed E-state index contributed by atoms with van der Waals surface area (Å²) in [6, 6.07) is -0.886. The smallest absolute Gasteiger partial charge is 0.308 e. The summed E-state index contributed by atoms with van der Waals surface area (Å²) >= 11 is 0. The molecule has 1 unspecified atom stereocenters. The molecule has 1 aromatic heterocycles. The summed E-state index contributed by atoms with van der Waals surface area (Å²) in [6.45, 7) is 7.94. The summed E-state index contributed by atoms with van der Waals surface area (Å²) in [5.74, 6) is -0.743. The Bertz CT molecular complexity index is 720. The van der Waals surface area contributed by atoms with Crippen LogP contribution in [0.5, 0.6) is 0 Å². The van der Waals surface area contributed by atoms with E-state index in [1.54, 1.807) is 20.8 Å². The van der Waals surface area contributed by atoms with Gasteiger partial charge in [0.25, 0.3) is 0 Å². The van der Waals surface area contributed by atoms with Gasteiger partial charge in [0.15, 0.2) is 6.39 Å². The molecule has 10 nitrogen and oxygen atoms in total. The molecule has 2 fully saturated rings. The highest BCUT2D eigenvalue weighted by molar-refractivity contribution is 5.97. The normalized spacial score (nSPS) is 23.1. The van der Waals surface area contributed by atoms with Gasteiger partial charge in [0.05, 0.1) is 24.3 Å². The summed E-state index contributed by atoms with van der Waals surface area (Å²) in [4.78, 5) is 40.0. The lowest BCUT2D eigenvalue weighted by atomic mass is 9.84. The van der Waals surface area contributed by atoms with Crippen LogP contribution in [0.3, 0.4) is 0 Å². The number of aliphatic hydroxyl groups is 1. The lowest BCUT2D eigenvalue weighted by molar-refractivity contribution is -0.164. The zero-order valence-electron chi connectivity index (χ0n) is 17.3. The fourth-order valence-electron chi connectivity index (χ4n) is 3.19. The van der Waals surface area contributed by atoms with Crippen molar-refractivity contribution in [2.75, 3.05) is 13.1 Å². The highest BCUT2D eigenvalue weighted by Gasteiger charge is 2.57. The Morgan fingerprint density at radius 2 is 2.10 bits per heavy atom. The van der Waals surface area contributed by atoms with Crippen LogP contribution in [-0.4, -0.2) is 68.7 Å². The second kappa shape index (κ2) is 8.91. The number of aliphatic hydroxyl groups excluding tert-OH is 1. The van der Waals surface area contributed by atoms with Crippen LogP contribution in [0.4, 0.5) is 0 Å². The molecule has 10 heteroatoms. The van der Waals surface area contributed by atoms with E-state index in [9.17, 15) is 19.5 Å². The minimum atomic E-state index is -0.947. The standard InChI is InChI=1S/C14H20N4O4.C5H10O2/c1-9(19)11(12(20)16-6-10-5-15-8-22-10)18-7-14(13(18)21)3-2-4-17-14;1-5(2,3)4(6)7/h5,8-9,11,17,19H,2-4,6-7H2,1H3,(H,16,20);1-3H3,(H,6,7)/t9-,11+,14?;/m1./s1. The number of carbonyl (C=O) groups is 3. The van der Waals surface area contributed by atoms with Gasteiger partial charge in [0.2, 0.25) is 11.8 Å². The molecule has 162 valence electrons. The van der Waals surface area contributed by atoms with Gasteiger partial charge in [-0.3, -0.25) is 14.4 Å². The third-order valence-corrected chi connectivity index (χ3v) is 4.98. The number of aliphatic carboxylic acids is 1. The second-order valence-electron chi connectivity index (χ2n) is 8.47. The predicted octanol–water partition coefficient (Wildman–Crippen LogP) is 0.122. The SMILES string of the molecule is CC(C)(C)C(=O)O.C[C@@H](O)[C@@H](C(=O)NCc1cnco1)N1CC2(CCCN2)C1=O. The Hall–Kier alpha value is -2.46. The number of amides is 2. The summed E-state index contributed by atoms with van der Waals surface area (Å²) < 4.78 is 5.04. The zero-order valence-corrected chi connectivity index (χ0v) is 17.3. The van der Waals surface area contributed by atoms with Crippen LogP contribution in [0.15, 0.2) is 17.0 Å². The number of rotatable bonds is 5. The van der Waals surface area contributed by atoms with Crippen LogP contribution in [0, 0.1) is 5.41 Å². The molecule has 0 aliphatic carbocycles. The predicted molar refractivity (Wildman–Crippen MR) is 103 cm³/mol. The van der Waals surface area contributed by atoms with Gasteiger partial charge in [0.1, 0.15) is 17.3 Å². The van der Waals surface area contributed by atoms with Gasteiger partial charge in [0, 0.05) is 6.54 Å². The molecule has 0 saturated carbocycles. The molecule has 1 spiro atoms. The molecule has 2 amide bonds. The first-order valence-corrected chi connectivity index (χ1v) is 9.60. The van der Waals surface area contributed by atoms with Crippen molar-refractivity contribution in [3.05, 3.63) is 18.4 Å². The molecule has 1 aromatic rings. The lowest BCUT2D eigenvalue weighted by Crippen LogP contribution is -2.76. The van der Waals surface area contributed by atoms with Crippen molar-refractivity contribution in [3.8, 4) is 0 Å². The maximum atomic E-state index is 12.4. The van der Waals surface area contributed by atoms with Crippen molar-refractivity contribution in [1.29, 1.82) is 0 Å². The Morgan fingerprint density at radius 3 is 2.52 bits per heavy atom. The second-order valence-corrected chi connectivity index (χ2v) is 8.47. The van der Waals surface area contributed by atoms with Crippen molar-refractivity contribution in [3.63, 3.8) is 0 Å². The largest absolute Gasteiger partial charge is 0.481 e. The van der Waals surface area contributed by atoms with E-state index in [0.717, 1.165) is 19.4 Å². The Labute approximate surface area is 169 Å². The molecule has 0 radical (unpaired) electrons. The zero-order chi connectivity index (χ0) is 21.8. The molecule has 0 aromatic carbocycles. The third kappa shape index (κ3) is 5.33. The van der Waals surface area contributed by atoms with Gasteiger partial charge in [-0.2, -0.15) is 0 Å². The van der Waals surface area contributed by atoms with Gasteiger partial charge in [-0.15, -0.1) is 0 Å². The quantitative estimate of drug-likeness (QED) is 0.501.